The van der Waals surface area contributed by atoms with Crippen molar-refractivity contribution in [3.05, 3.63) is 35.9 Å². The second kappa shape index (κ2) is 5.68. The summed E-state index contributed by atoms with van der Waals surface area (Å²) in [6.45, 7) is 1.39. The topological polar surface area (TPSA) is 55.6 Å². The van der Waals surface area contributed by atoms with Gasteiger partial charge in [-0.1, -0.05) is 30.3 Å². The lowest BCUT2D eigenvalue weighted by Crippen LogP contribution is -2.37. The lowest BCUT2D eigenvalue weighted by Gasteiger charge is -2.20. The molecule has 2 rings (SSSR count). The molecule has 4 nitrogen and oxygen atoms in total. The van der Waals surface area contributed by atoms with Crippen LogP contribution in [0.2, 0.25) is 0 Å². The number of amides is 1. The van der Waals surface area contributed by atoms with Crippen molar-refractivity contribution in [2.24, 2.45) is 5.73 Å². The van der Waals surface area contributed by atoms with Crippen LogP contribution in [0.25, 0.3) is 0 Å². The largest absolute Gasteiger partial charge is 0.445 e. The molecule has 1 amide bonds. The van der Waals surface area contributed by atoms with Crippen LogP contribution in [0.4, 0.5) is 4.79 Å². The Morgan fingerprint density at radius 3 is 2.65 bits per heavy atom. The average Bonchev–Trinajstić information content (AvgIpc) is 3.18. The molecule has 0 spiro atoms. The van der Waals surface area contributed by atoms with Gasteiger partial charge >= 0.3 is 6.09 Å². The zero-order valence-electron chi connectivity index (χ0n) is 9.84. The number of carbonyl (C=O) groups is 1. The first-order valence-corrected chi connectivity index (χ1v) is 5.98. The van der Waals surface area contributed by atoms with Crippen LogP contribution in [0.3, 0.4) is 0 Å². The van der Waals surface area contributed by atoms with Gasteiger partial charge in [0.2, 0.25) is 0 Å². The SMILES string of the molecule is NCCN(C(=O)OCc1ccccc1)C1CC1. The van der Waals surface area contributed by atoms with Crippen LogP contribution in [-0.2, 0) is 11.3 Å². The van der Waals surface area contributed by atoms with E-state index in [1.807, 2.05) is 30.3 Å². The molecule has 0 aromatic heterocycles. The maximum Gasteiger partial charge on any atom is 0.410 e. The minimum Gasteiger partial charge on any atom is -0.445 e. The molecule has 0 radical (unpaired) electrons. The van der Waals surface area contributed by atoms with Gasteiger partial charge in [0.25, 0.3) is 0 Å². The summed E-state index contributed by atoms with van der Waals surface area (Å²) < 4.78 is 5.28. The number of benzene rings is 1. The normalized spacial score (nSPS) is 14.4. The Kier molecular flexibility index (Phi) is 3.98. The number of carbonyl (C=O) groups excluding carboxylic acids is 1. The summed E-state index contributed by atoms with van der Waals surface area (Å²) in [6.07, 6.45) is 1.89. The molecule has 1 saturated carbocycles. The summed E-state index contributed by atoms with van der Waals surface area (Å²) in [5, 5.41) is 0. The molecule has 1 aromatic rings. The van der Waals surface area contributed by atoms with Gasteiger partial charge in [-0.2, -0.15) is 0 Å². The van der Waals surface area contributed by atoms with E-state index in [0.717, 1.165) is 18.4 Å². The fourth-order valence-electron chi connectivity index (χ4n) is 1.75. The zero-order chi connectivity index (χ0) is 12.1. The van der Waals surface area contributed by atoms with E-state index in [2.05, 4.69) is 0 Å². The maximum atomic E-state index is 11.8. The average molecular weight is 234 g/mol. The summed E-state index contributed by atoms with van der Waals surface area (Å²) in [5.41, 5.74) is 6.49. The molecule has 1 aliphatic rings. The monoisotopic (exact) mass is 234 g/mol. The highest BCUT2D eigenvalue weighted by molar-refractivity contribution is 5.68. The van der Waals surface area contributed by atoms with Gasteiger partial charge in [-0.05, 0) is 18.4 Å². The second-order valence-corrected chi connectivity index (χ2v) is 4.25. The lowest BCUT2D eigenvalue weighted by atomic mass is 10.2. The predicted molar refractivity (Wildman–Crippen MR) is 65.4 cm³/mol. The Morgan fingerprint density at radius 1 is 1.35 bits per heavy atom. The summed E-state index contributed by atoms with van der Waals surface area (Å²) in [7, 11) is 0. The number of hydrogen-bond donors (Lipinski definition) is 1. The van der Waals surface area contributed by atoms with Crippen LogP contribution in [0.5, 0.6) is 0 Å². The molecule has 1 aliphatic carbocycles. The Balaban J connectivity index is 1.83. The van der Waals surface area contributed by atoms with E-state index in [1.165, 1.54) is 0 Å². The van der Waals surface area contributed by atoms with Gasteiger partial charge in [-0.15, -0.1) is 0 Å². The molecule has 92 valence electrons. The summed E-state index contributed by atoms with van der Waals surface area (Å²) in [4.78, 5) is 13.6. The van der Waals surface area contributed by atoms with Crippen molar-refractivity contribution in [2.75, 3.05) is 13.1 Å². The maximum absolute atomic E-state index is 11.8. The fourth-order valence-corrected chi connectivity index (χ4v) is 1.75. The van der Waals surface area contributed by atoms with Crippen molar-refractivity contribution < 1.29 is 9.53 Å². The molecule has 2 N–H and O–H groups in total. The molecule has 1 fully saturated rings. The Labute approximate surface area is 101 Å². The third-order valence-electron chi connectivity index (χ3n) is 2.80. The van der Waals surface area contributed by atoms with Crippen LogP contribution >= 0.6 is 0 Å². The van der Waals surface area contributed by atoms with Crippen molar-refractivity contribution in [1.82, 2.24) is 4.90 Å². The van der Waals surface area contributed by atoms with Crippen LogP contribution in [0, 0.1) is 0 Å². The number of nitrogens with two attached hydrogens (primary N) is 1. The van der Waals surface area contributed by atoms with Gasteiger partial charge in [0.05, 0.1) is 0 Å². The number of rotatable bonds is 5. The molecule has 0 atom stereocenters. The fraction of sp³-hybridized carbons (Fsp3) is 0.462. The number of ether oxygens (including phenoxy) is 1. The van der Waals surface area contributed by atoms with Gasteiger partial charge < -0.3 is 15.4 Å². The first-order chi connectivity index (χ1) is 8.31. The van der Waals surface area contributed by atoms with Crippen molar-refractivity contribution in [3.8, 4) is 0 Å². The van der Waals surface area contributed by atoms with Crippen molar-refractivity contribution in [3.63, 3.8) is 0 Å². The van der Waals surface area contributed by atoms with Gasteiger partial charge in [0.15, 0.2) is 0 Å². The van der Waals surface area contributed by atoms with Crippen LogP contribution in [0.1, 0.15) is 18.4 Å². The highest BCUT2D eigenvalue weighted by Gasteiger charge is 2.32. The summed E-state index contributed by atoms with van der Waals surface area (Å²) in [6, 6.07) is 10.0. The quantitative estimate of drug-likeness (QED) is 0.844. The van der Waals surface area contributed by atoms with Crippen molar-refractivity contribution in [1.29, 1.82) is 0 Å². The van der Waals surface area contributed by atoms with Crippen molar-refractivity contribution >= 4 is 6.09 Å². The Bertz CT molecular complexity index is 363. The second-order valence-electron chi connectivity index (χ2n) is 4.25. The van der Waals surface area contributed by atoms with E-state index in [1.54, 1.807) is 4.90 Å². The molecular weight excluding hydrogens is 216 g/mol. The molecule has 0 aliphatic heterocycles. The van der Waals surface area contributed by atoms with E-state index in [9.17, 15) is 4.79 Å². The van der Waals surface area contributed by atoms with E-state index in [-0.39, 0.29) is 6.09 Å². The third kappa shape index (κ3) is 3.46. The third-order valence-corrected chi connectivity index (χ3v) is 2.80. The van der Waals surface area contributed by atoms with Crippen LogP contribution in [0.15, 0.2) is 30.3 Å². The van der Waals surface area contributed by atoms with E-state index < -0.39 is 0 Å². The van der Waals surface area contributed by atoms with Gasteiger partial charge in [0, 0.05) is 19.1 Å². The van der Waals surface area contributed by atoms with Gasteiger partial charge in [0.1, 0.15) is 6.61 Å². The molecule has 1 aromatic carbocycles. The minimum absolute atomic E-state index is 0.248. The van der Waals surface area contributed by atoms with E-state index in [4.69, 9.17) is 10.5 Å². The summed E-state index contributed by atoms with van der Waals surface area (Å²) >= 11 is 0. The molecule has 0 saturated heterocycles. The van der Waals surface area contributed by atoms with E-state index >= 15 is 0 Å². The standard InChI is InChI=1S/C13H18N2O2/c14-8-9-15(12-6-7-12)13(16)17-10-11-4-2-1-3-5-11/h1-5,12H,6-10,14H2. The lowest BCUT2D eigenvalue weighted by molar-refractivity contribution is 0.0946. The Hall–Kier alpha value is -1.55. The van der Waals surface area contributed by atoms with Gasteiger partial charge in [-0.3, -0.25) is 0 Å². The van der Waals surface area contributed by atoms with E-state index in [0.29, 0.717) is 25.7 Å². The molecule has 0 heterocycles. The van der Waals surface area contributed by atoms with Crippen molar-refractivity contribution in [2.45, 2.75) is 25.5 Å². The number of nitrogens with zero attached hydrogens (tertiary/aromatic N) is 1. The van der Waals surface area contributed by atoms with Crippen LogP contribution < -0.4 is 5.73 Å². The predicted octanol–water partition coefficient (Wildman–Crippen LogP) is 1.75. The molecular formula is C13H18N2O2. The first kappa shape index (κ1) is 11.9. The number of hydrogen-bond acceptors (Lipinski definition) is 3. The Morgan fingerprint density at radius 2 is 2.06 bits per heavy atom. The zero-order valence-corrected chi connectivity index (χ0v) is 9.84. The highest BCUT2D eigenvalue weighted by Crippen LogP contribution is 2.27. The summed E-state index contributed by atoms with van der Waals surface area (Å²) in [5.74, 6) is 0. The molecule has 17 heavy (non-hydrogen) atoms. The smallest absolute Gasteiger partial charge is 0.410 e. The van der Waals surface area contributed by atoms with Gasteiger partial charge in [-0.25, -0.2) is 4.79 Å². The first-order valence-electron chi connectivity index (χ1n) is 5.98. The minimum atomic E-state index is -0.248. The molecule has 4 heteroatoms. The highest BCUT2D eigenvalue weighted by atomic mass is 16.6. The molecule has 0 unspecified atom stereocenters. The van der Waals surface area contributed by atoms with Crippen LogP contribution in [-0.4, -0.2) is 30.1 Å². The molecule has 0 bridgehead atoms.